The molecule has 4 aromatic carbocycles. The highest BCUT2D eigenvalue weighted by molar-refractivity contribution is 5.86. The van der Waals surface area contributed by atoms with Crippen molar-refractivity contribution in [2.75, 3.05) is 35.6 Å². The smallest absolute Gasteiger partial charge is 0.179 e. The van der Waals surface area contributed by atoms with Crippen LogP contribution < -0.4 is 16.0 Å². The maximum atomic E-state index is 11.0. The predicted octanol–water partition coefficient (Wildman–Crippen LogP) is 9.34. The number of hydrogen-bond acceptors (Lipinski definition) is 12. The molecule has 0 fully saturated rings. The molecular formula is C30H33N9O3. The predicted molar refractivity (Wildman–Crippen MR) is 166 cm³/mol. The van der Waals surface area contributed by atoms with Crippen LogP contribution in [-0.2, 0) is 0 Å². The summed E-state index contributed by atoms with van der Waals surface area (Å²) in [6.45, 7) is 8.28. The Kier molecular flexibility index (Phi) is 9.97. The number of phenols is 3. The van der Waals surface area contributed by atoms with Crippen LogP contribution in [0.25, 0.3) is 0 Å². The molecule has 0 aliphatic carbocycles. The molecule has 0 atom stereocenters. The van der Waals surface area contributed by atoms with Crippen molar-refractivity contribution in [2.45, 2.75) is 20.8 Å². The second-order valence-corrected chi connectivity index (χ2v) is 8.92. The summed E-state index contributed by atoms with van der Waals surface area (Å²) in [5, 5.41) is 67.2. The minimum absolute atomic E-state index is 0.351. The van der Waals surface area contributed by atoms with Crippen molar-refractivity contribution >= 4 is 51.2 Å². The first kappa shape index (κ1) is 29.5. The third-order valence-corrected chi connectivity index (χ3v) is 5.89. The number of benzene rings is 4. The third-order valence-electron chi connectivity index (χ3n) is 5.89. The van der Waals surface area contributed by atoms with Crippen LogP contribution in [0.2, 0.25) is 0 Å². The molecule has 0 saturated heterocycles. The molecule has 0 radical (unpaired) electrons. The highest BCUT2D eigenvalue weighted by Gasteiger charge is 2.25. The molecule has 0 aromatic heterocycles. The van der Waals surface area contributed by atoms with Crippen LogP contribution in [0.1, 0.15) is 20.8 Å². The van der Waals surface area contributed by atoms with Gasteiger partial charge in [-0.1, -0.05) is 0 Å². The molecule has 0 unspecified atom stereocenters. The van der Waals surface area contributed by atoms with Crippen molar-refractivity contribution in [2.24, 2.45) is 30.7 Å². The van der Waals surface area contributed by atoms with E-state index in [2.05, 4.69) is 46.6 Å². The van der Waals surface area contributed by atoms with E-state index in [9.17, 15) is 15.3 Å². The molecule has 4 rings (SSSR count). The number of nitrogens with zero attached hydrogens (tertiary/aromatic N) is 6. The fourth-order valence-corrected chi connectivity index (χ4v) is 3.83. The molecule has 0 aliphatic rings. The van der Waals surface area contributed by atoms with Crippen LogP contribution in [0.3, 0.4) is 0 Å². The van der Waals surface area contributed by atoms with Crippen molar-refractivity contribution in [3.8, 4) is 17.2 Å². The summed E-state index contributed by atoms with van der Waals surface area (Å²) in [6.07, 6.45) is 0. The lowest BCUT2D eigenvalue weighted by atomic mass is 10.2. The normalized spacial score (nSPS) is 11.5. The van der Waals surface area contributed by atoms with Crippen molar-refractivity contribution in [1.82, 2.24) is 0 Å². The summed E-state index contributed by atoms with van der Waals surface area (Å²) in [4.78, 5) is 0. The van der Waals surface area contributed by atoms with E-state index in [1.54, 1.807) is 36.4 Å². The quantitative estimate of drug-likeness (QED) is 0.0931. The van der Waals surface area contributed by atoms with E-state index in [0.29, 0.717) is 17.1 Å². The minimum Gasteiger partial charge on any atom is -0.504 e. The van der Waals surface area contributed by atoms with Crippen molar-refractivity contribution in [3.63, 3.8) is 0 Å². The van der Waals surface area contributed by atoms with E-state index in [1.807, 2.05) is 57.2 Å². The van der Waals surface area contributed by atoms with Gasteiger partial charge in [0.05, 0.1) is 17.1 Å². The van der Waals surface area contributed by atoms with Crippen LogP contribution in [0.4, 0.5) is 51.2 Å². The standard InChI is InChI=1S/C30H33N9O3/c1-4-31-19-7-13-22(14-8-19)34-37-25-28(40)26(38-35-23-15-9-20(10-16-23)32-5-2)30(42)27(29(25)41)39-36-24-17-11-21(12-18-24)33-6-3/h7-18,31-33,40-42H,4-6H2,1-3H3. The average molecular weight is 568 g/mol. The Morgan fingerprint density at radius 2 is 0.643 bits per heavy atom. The summed E-state index contributed by atoms with van der Waals surface area (Å²) < 4.78 is 0. The molecule has 0 heterocycles. The number of rotatable bonds is 12. The lowest BCUT2D eigenvalue weighted by molar-refractivity contribution is 0.432. The van der Waals surface area contributed by atoms with Gasteiger partial charge in [-0.15, -0.1) is 15.3 Å². The Morgan fingerprint density at radius 3 is 0.857 bits per heavy atom. The Bertz CT molecular complexity index is 1360. The summed E-state index contributed by atoms with van der Waals surface area (Å²) in [5.41, 5.74) is 3.09. The second kappa shape index (κ2) is 14.2. The fraction of sp³-hybridized carbons (Fsp3) is 0.200. The maximum Gasteiger partial charge on any atom is 0.179 e. The molecular weight excluding hydrogens is 534 g/mol. The number of nitrogens with one attached hydrogen (secondary N) is 3. The zero-order chi connectivity index (χ0) is 29.9. The van der Waals surface area contributed by atoms with Gasteiger partial charge in [0.1, 0.15) is 0 Å². The van der Waals surface area contributed by atoms with Crippen LogP contribution >= 0.6 is 0 Å². The van der Waals surface area contributed by atoms with Gasteiger partial charge in [-0.05, 0) is 93.6 Å². The molecule has 42 heavy (non-hydrogen) atoms. The largest absolute Gasteiger partial charge is 0.504 e. The number of hydrogen-bond donors (Lipinski definition) is 6. The van der Waals surface area contributed by atoms with E-state index in [0.717, 1.165) is 36.7 Å². The van der Waals surface area contributed by atoms with Gasteiger partial charge < -0.3 is 31.3 Å². The van der Waals surface area contributed by atoms with Crippen LogP contribution in [0.15, 0.2) is 103 Å². The van der Waals surface area contributed by atoms with E-state index in [4.69, 9.17) is 0 Å². The number of phenolic OH excluding ortho intramolecular Hbond substituents is 3. The monoisotopic (exact) mass is 567 g/mol. The lowest BCUT2D eigenvalue weighted by Gasteiger charge is -2.10. The van der Waals surface area contributed by atoms with E-state index >= 15 is 0 Å². The Morgan fingerprint density at radius 1 is 0.405 bits per heavy atom. The molecule has 0 aliphatic heterocycles. The first-order valence-electron chi connectivity index (χ1n) is 13.5. The van der Waals surface area contributed by atoms with E-state index in [-0.39, 0.29) is 17.1 Å². The summed E-state index contributed by atoms with van der Waals surface area (Å²) in [7, 11) is 0. The van der Waals surface area contributed by atoms with Crippen LogP contribution in [0.5, 0.6) is 17.2 Å². The molecule has 0 amide bonds. The van der Waals surface area contributed by atoms with E-state index < -0.39 is 17.2 Å². The molecule has 4 aromatic rings. The van der Waals surface area contributed by atoms with Gasteiger partial charge in [0.25, 0.3) is 0 Å². The first-order valence-corrected chi connectivity index (χ1v) is 13.5. The molecule has 216 valence electrons. The van der Waals surface area contributed by atoms with Gasteiger partial charge in [0.2, 0.25) is 0 Å². The average Bonchev–Trinajstić information content (AvgIpc) is 3.00. The van der Waals surface area contributed by atoms with Gasteiger partial charge in [-0.3, -0.25) is 0 Å². The third kappa shape index (κ3) is 7.36. The minimum atomic E-state index is -0.625. The Labute approximate surface area is 243 Å². The topological polar surface area (TPSA) is 171 Å². The summed E-state index contributed by atoms with van der Waals surface area (Å²) >= 11 is 0. The molecule has 12 nitrogen and oxygen atoms in total. The number of anilines is 3. The Balaban J connectivity index is 1.74. The second-order valence-electron chi connectivity index (χ2n) is 8.92. The molecule has 0 saturated carbocycles. The summed E-state index contributed by atoms with van der Waals surface area (Å²) in [6, 6.07) is 21.3. The number of aromatic hydroxyl groups is 3. The van der Waals surface area contributed by atoms with Gasteiger partial charge in [-0.2, -0.15) is 15.3 Å². The van der Waals surface area contributed by atoms with Gasteiger partial charge >= 0.3 is 0 Å². The van der Waals surface area contributed by atoms with Gasteiger partial charge in [0.15, 0.2) is 34.3 Å². The summed E-state index contributed by atoms with van der Waals surface area (Å²) in [5.74, 6) is -1.88. The van der Waals surface area contributed by atoms with Gasteiger partial charge in [-0.25, -0.2) is 0 Å². The van der Waals surface area contributed by atoms with Crippen molar-refractivity contribution < 1.29 is 15.3 Å². The SMILES string of the molecule is CCNc1ccc(N=Nc2c(O)c(N=Nc3ccc(NCC)cc3)c(O)c(N=Nc3ccc(NCC)cc3)c2O)cc1. The highest BCUT2D eigenvalue weighted by Crippen LogP contribution is 2.57. The van der Waals surface area contributed by atoms with Crippen molar-refractivity contribution in [3.05, 3.63) is 72.8 Å². The lowest BCUT2D eigenvalue weighted by Crippen LogP contribution is -1.94. The van der Waals surface area contributed by atoms with Crippen molar-refractivity contribution in [1.29, 1.82) is 0 Å². The van der Waals surface area contributed by atoms with Gasteiger partial charge in [0, 0.05) is 36.7 Å². The zero-order valence-corrected chi connectivity index (χ0v) is 23.6. The molecule has 6 N–H and O–H groups in total. The maximum absolute atomic E-state index is 11.0. The Hall–Kier alpha value is -5.52. The zero-order valence-electron chi connectivity index (χ0n) is 23.6. The first-order chi connectivity index (χ1) is 20.4. The van der Waals surface area contributed by atoms with E-state index in [1.165, 1.54) is 0 Å². The highest BCUT2D eigenvalue weighted by atomic mass is 16.3. The molecule has 0 bridgehead atoms. The van der Waals surface area contributed by atoms with Crippen LogP contribution in [-0.4, -0.2) is 35.0 Å². The molecule has 0 spiro atoms. The fourth-order valence-electron chi connectivity index (χ4n) is 3.83. The number of azo groups is 3. The molecule has 12 heteroatoms. The van der Waals surface area contributed by atoms with Crippen LogP contribution in [0, 0.1) is 0 Å².